The number of nitrogens with zero attached hydrogens (tertiary/aromatic N) is 2. The number of non-ortho nitro benzene ring substituents is 1. The van der Waals surface area contributed by atoms with E-state index in [4.69, 9.17) is 11.6 Å². The molecular formula is C14H19ClN2O2. The Morgan fingerprint density at radius 2 is 2.21 bits per heavy atom. The smallest absolute Gasteiger partial charge is 0.269 e. The number of nitro groups is 1. The number of nitro benzene ring substituents is 1. The average molecular weight is 283 g/mol. The van der Waals surface area contributed by atoms with Crippen molar-refractivity contribution in [1.29, 1.82) is 0 Å². The molecule has 104 valence electrons. The highest BCUT2D eigenvalue weighted by Gasteiger charge is 2.23. The average Bonchev–Trinajstić information content (AvgIpc) is 2.34. The van der Waals surface area contributed by atoms with E-state index in [0.29, 0.717) is 17.6 Å². The largest absolute Gasteiger partial charge is 0.296 e. The van der Waals surface area contributed by atoms with E-state index in [9.17, 15) is 10.1 Å². The summed E-state index contributed by atoms with van der Waals surface area (Å²) in [4.78, 5) is 12.8. The molecule has 0 radical (unpaired) electrons. The van der Waals surface area contributed by atoms with Crippen LogP contribution in [0.5, 0.6) is 0 Å². The van der Waals surface area contributed by atoms with Crippen LogP contribution in [0.4, 0.5) is 5.69 Å². The second kappa shape index (κ2) is 5.88. The summed E-state index contributed by atoms with van der Waals surface area (Å²) in [6.07, 6.45) is 2.35. The fourth-order valence-electron chi connectivity index (χ4n) is 2.71. The van der Waals surface area contributed by atoms with Crippen molar-refractivity contribution in [1.82, 2.24) is 4.90 Å². The maximum absolute atomic E-state index is 10.8. The Morgan fingerprint density at radius 3 is 2.84 bits per heavy atom. The van der Waals surface area contributed by atoms with Crippen molar-refractivity contribution < 1.29 is 4.92 Å². The molecule has 1 fully saturated rings. The molecule has 0 amide bonds. The summed E-state index contributed by atoms with van der Waals surface area (Å²) in [6, 6.07) is 5.16. The van der Waals surface area contributed by atoms with E-state index in [1.165, 1.54) is 18.9 Å². The summed E-state index contributed by atoms with van der Waals surface area (Å²) >= 11 is 6.15. The van der Waals surface area contributed by atoms with E-state index in [-0.39, 0.29) is 10.6 Å². The molecule has 5 heteroatoms. The predicted molar refractivity (Wildman–Crippen MR) is 76.4 cm³/mol. The zero-order valence-electron chi connectivity index (χ0n) is 11.3. The Hall–Kier alpha value is -1.13. The molecule has 0 spiro atoms. The van der Waals surface area contributed by atoms with Gasteiger partial charge in [-0.3, -0.25) is 15.0 Å². The maximum Gasteiger partial charge on any atom is 0.269 e. The van der Waals surface area contributed by atoms with Gasteiger partial charge in [0.05, 0.1) is 4.92 Å². The third-order valence-electron chi connectivity index (χ3n) is 3.89. The number of hydrogen-bond donors (Lipinski definition) is 0. The Bertz CT molecular complexity index is 479. The van der Waals surface area contributed by atoms with Crippen molar-refractivity contribution in [2.45, 2.75) is 39.3 Å². The van der Waals surface area contributed by atoms with Crippen LogP contribution in [0.1, 0.15) is 32.3 Å². The van der Waals surface area contributed by atoms with Gasteiger partial charge in [0, 0.05) is 29.7 Å². The van der Waals surface area contributed by atoms with Crippen molar-refractivity contribution >= 4 is 17.3 Å². The molecule has 4 nitrogen and oxygen atoms in total. The maximum atomic E-state index is 10.8. The van der Waals surface area contributed by atoms with Crippen LogP contribution in [-0.2, 0) is 6.54 Å². The van der Waals surface area contributed by atoms with Crippen molar-refractivity contribution in [2.75, 3.05) is 6.54 Å². The molecular weight excluding hydrogens is 264 g/mol. The van der Waals surface area contributed by atoms with Crippen LogP contribution < -0.4 is 0 Å². The molecule has 1 aliphatic heterocycles. The first-order chi connectivity index (χ1) is 8.97. The standard InChI is InChI=1S/C14H19ClN2O2/c1-10-5-6-16(11(2)7-10)9-12-8-13(17(18)19)3-4-14(12)15/h3-4,8,10-11H,5-7,9H2,1-2H3. The minimum atomic E-state index is -0.373. The Morgan fingerprint density at radius 1 is 1.47 bits per heavy atom. The second-order valence-corrected chi connectivity index (χ2v) is 5.89. The summed E-state index contributed by atoms with van der Waals surface area (Å²) in [5.41, 5.74) is 0.953. The van der Waals surface area contributed by atoms with Crippen LogP contribution in [0.2, 0.25) is 5.02 Å². The molecule has 2 unspecified atom stereocenters. The molecule has 1 aliphatic rings. The third kappa shape index (κ3) is 3.45. The van der Waals surface area contributed by atoms with E-state index in [0.717, 1.165) is 18.0 Å². The van der Waals surface area contributed by atoms with E-state index in [2.05, 4.69) is 18.7 Å². The zero-order chi connectivity index (χ0) is 14.0. The molecule has 0 saturated carbocycles. The highest BCUT2D eigenvalue weighted by molar-refractivity contribution is 6.31. The van der Waals surface area contributed by atoms with Gasteiger partial charge in [0.25, 0.3) is 5.69 Å². The van der Waals surface area contributed by atoms with Gasteiger partial charge in [0.15, 0.2) is 0 Å². The molecule has 0 N–H and O–H groups in total. The Labute approximate surface area is 118 Å². The lowest BCUT2D eigenvalue weighted by molar-refractivity contribution is -0.384. The molecule has 0 bridgehead atoms. The number of hydrogen-bond acceptors (Lipinski definition) is 3. The van der Waals surface area contributed by atoms with Crippen LogP contribution in [-0.4, -0.2) is 22.4 Å². The van der Waals surface area contributed by atoms with Gasteiger partial charge in [0.2, 0.25) is 0 Å². The van der Waals surface area contributed by atoms with Gasteiger partial charge in [-0.25, -0.2) is 0 Å². The van der Waals surface area contributed by atoms with E-state index in [1.807, 2.05) is 0 Å². The highest BCUT2D eigenvalue weighted by Crippen LogP contribution is 2.28. The van der Waals surface area contributed by atoms with Crippen LogP contribution in [0.3, 0.4) is 0 Å². The SMILES string of the molecule is CC1CCN(Cc2cc([N+](=O)[O-])ccc2Cl)C(C)C1. The minimum absolute atomic E-state index is 0.109. The van der Waals surface area contributed by atoms with Crippen LogP contribution in [0.15, 0.2) is 18.2 Å². The lowest BCUT2D eigenvalue weighted by Crippen LogP contribution is -2.39. The first-order valence-electron chi connectivity index (χ1n) is 6.64. The van der Waals surface area contributed by atoms with E-state index >= 15 is 0 Å². The van der Waals surface area contributed by atoms with Crippen LogP contribution >= 0.6 is 11.6 Å². The summed E-state index contributed by atoms with van der Waals surface area (Å²) in [5, 5.41) is 11.4. The van der Waals surface area contributed by atoms with Crippen molar-refractivity contribution in [2.24, 2.45) is 5.92 Å². The Kier molecular flexibility index (Phi) is 4.42. The van der Waals surface area contributed by atoms with Gasteiger partial charge in [-0.2, -0.15) is 0 Å². The molecule has 2 rings (SSSR count). The Balaban J connectivity index is 2.14. The molecule has 1 saturated heterocycles. The fourth-order valence-corrected chi connectivity index (χ4v) is 2.88. The molecule has 1 aromatic rings. The number of piperidine rings is 1. The summed E-state index contributed by atoms with van der Waals surface area (Å²) in [5.74, 6) is 0.756. The third-order valence-corrected chi connectivity index (χ3v) is 4.26. The minimum Gasteiger partial charge on any atom is -0.296 e. The van der Waals surface area contributed by atoms with E-state index in [1.54, 1.807) is 12.1 Å². The summed E-state index contributed by atoms with van der Waals surface area (Å²) in [7, 11) is 0. The number of likely N-dealkylation sites (tertiary alicyclic amines) is 1. The zero-order valence-corrected chi connectivity index (χ0v) is 12.1. The highest BCUT2D eigenvalue weighted by atomic mass is 35.5. The van der Waals surface area contributed by atoms with E-state index < -0.39 is 0 Å². The molecule has 0 aromatic heterocycles. The lowest BCUT2D eigenvalue weighted by atomic mass is 9.93. The number of halogens is 1. The van der Waals surface area contributed by atoms with Gasteiger partial charge in [0.1, 0.15) is 0 Å². The van der Waals surface area contributed by atoms with Gasteiger partial charge < -0.3 is 0 Å². The van der Waals surface area contributed by atoms with Crippen molar-refractivity contribution in [3.05, 3.63) is 38.9 Å². The predicted octanol–water partition coefficient (Wildman–Crippen LogP) is 3.87. The fraction of sp³-hybridized carbons (Fsp3) is 0.571. The molecule has 1 heterocycles. The normalized spacial score (nSPS) is 24.4. The van der Waals surface area contributed by atoms with Crippen molar-refractivity contribution in [3.63, 3.8) is 0 Å². The monoisotopic (exact) mass is 282 g/mol. The second-order valence-electron chi connectivity index (χ2n) is 5.48. The topological polar surface area (TPSA) is 46.4 Å². The molecule has 1 aromatic carbocycles. The molecule has 2 atom stereocenters. The number of benzene rings is 1. The first-order valence-corrected chi connectivity index (χ1v) is 7.02. The molecule has 19 heavy (non-hydrogen) atoms. The van der Waals surface area contributed by atoms with Gasteiger partial charge in [-0.05, 0) is 43.9 Å². The first kappa shape index (κ1) is 14.3. The number of rotatable bonds is 3. The summed E-state index contributed by atoms with van der Waals surface area (Å²) < 4.78 is 0. The lowest BCUT2D eigenvalue weighted by Gasteiger charge is -2.36. The van der Waals surface area contributed by atoms with Crippen LogP contribution in [0, 0.1) is 16.0 Å². The van der Waals surface area contributed by atoms with Crippen LogP contribution in [0.25, 0.3) is 0 Å². The van der Waals surface area contributed by atoms with Gasteiger partial charge >= 0.3 is 0 Å². The van der Waals surface area contributed by atoms with Crippen molar-refractivity contribution in [3.8, 4) is 0 Å². The van der Waals surface area contributed by atoms with Gasteiger partial charge in [-0.15, -0.1) is 0 Å². The quantitative estimate of drug-likeness (QED) is 0.624. The summed E-state index contributed by atoms with van der Waals surface area (Å²) in [6.45, 7) is 6.20. The molecule has 0 aliphatic carbocycles. The van der Waals surface area contributed by atoms with Gasteiger partial charge in [-0.1, -0.05) is 18.5 Å².